The van der Waals surface area contributed by atoms with Crippen LogP contribution in [-0.2, 0) is 0 Å². The van der Waals surface area contributed by atoms with Crippen LogP contribution in [0.25, 0.3) is 75.8 Å². The molecule has 0 unspecified atom stereocenters. The lowest BCUT2D eigenvalue weighted by Crippen LogP contribution is -1.94. The van der Waals surface area contributed by atoms with Crippen LogP contribution in [0.4, 0.5) is 0 Å². The van der Waals surface area contributed by atoms with Gasteiger partial charge in [-0.2, -0.15) is 0 Å². The Bertz CT molecular complexity index is 2290. The van der Waals surface area contributed by atoms with Crippen molar-refractivity contribution < 1.29 is 0 Å². The van der Waals surface area contributed by atoms with Crippen LogP contribution in [0.1, 0.15) is 22.3 Å². The zero-order valence-corrected chi connectivity index (χ0v) is 27.2. The normalized spacial score (nSPS) is 12.0. The average molecular weight is 668 g/mol. The summed E-state index contributed by atoms with van der Waals surface area (Å²) in [6, 6.07) is 36.5. The largest absolute Gasteiger partial charge is 0.0616 e. The van der Waals surface area contributed by atoms with Crippen molar-refractivity contribution in [2.45, 2.75) is 27.7 Å². The summed E-state index contributed by atoms with van der Waals surface area (Å²) in [5, 5.41) is 15.4. The van der Waals surface area contributed by atoms with Gasteiger partial charge in [-0.3, -0.25) is 0 Å². The summed E-state index contributed by atoms with van der Waals surface area (Å²) < 4.78 is 2.27. The number of hydrogen-bond acceptors (Lipinski definition) is 0. The molecule has 8 aromatic rings. The molecule has 8 rings (SSSR count). The quantitative estimate of drug-likeness (QED) is 0.153. The van der Waals surface area contributed by atoms with Gasteiger partial charge in [0.1, 0.15) is 0 Å². The van der Waals surface area contributed by atoms with Gasteiger partial charge in [-0.05, 0) is 128 Å². The first-order valence-electron chi connectivity index (χ1n) is 14.4. The fourth-order valence-corrected chi connectivity index (χ4v) is 8.64. The number of rotatable bonds is 1. The van der Waals surface area contributed by atoms with E-state index in [0.29, 0.717) is 0 Å². The van der Waals surface area contributed by atoms with Crippen molar-refractivity contribution in [1.82, 2.24) is 0 Å². The van der Waals surface area contributed by atoms with Gasteiger partial charge in [0.2, 0.25) is 0 Å². The van der Waals surface area contributed by atoms with Gasteiger partial charge < -0.3 is 0 Å². The van der Waals surface area contributed by atoms with Crippen LogP contribution in [0, 0.1) is 27.7 Å². The van der Waals surface area contributed by atoms with Gasteiger partial charge in [-0.1, -0.05) is 116 Å². The van der Waals surface area contributed by atoms with Crippen molar-refractivity contribution in [3.63, 3.8) is 0 Å². The molecule has 0 aliphatic heterocycles. The van der Waals surface area contributed by atoms with Crippen LogP contribution in [0.2, 0.25) is 0 Å². The van der Waals surface area contributed by atoms with Crippen molar-refractivity contribution in [2.75, 3.05) is 0 Å². The summed E-state index contributed by atoms with van der Waals surface area (Å²) in [7, 11) is 0. The lowest BCUT2D eigenvalue weighted by Gasteiger charge is -2.21. The first kappa shape index (κ1) is 25.9. The Morgan fingerprint density at radius 2 is 0.786 bits per heavy atom. The van der Waals surface area contributed by atoms with Crippen molar-refractivity contribution in [1.29, 1.82) is 0 Å². The molecule has 42 heavy (non-hydrogen) atoms. The number of benzene rings is 8. The van der Waals surface area contributed by atoms with Crippen molar-refractivity contribution in [3.8, 4) is 11.1 Å². The minimum atomic E-state index is 1.14. The molecule has 0 spiro atoms. The molecule has 0 aliphatic rings. The highest BCUT2D eigenvalue weighted by atomic mass is 79.9. The van der Waals surface area contributed by atoms with Crippen molar-refractivity contribution >= 4 is 96.5 Å². The molecule has 0 saturated heterocycles. The fourth-order valence-electron chi connectivity index (χ4n) is 7.33. The van der Waals surface area contributed by atoms with Gasteiger partial charge in [0.05, 0.1) is 0 Å². The van der Waals surface area contributed by atoms with E-state index >= 15 is 0 Å². The summed E-state index contributed by atoms with van der Waals surface area (Å²) >= 11 is 8.10. The Balaban J connectivity index is 1.73. The van der Waals surface area contributed by atoms with Crippen LogP contribution in [-0.4, -0.2) is 0 Å². The van der Waals surface area contributed by atoms with Gasteiger partial charge in [-0.25, -0.2) is 0 Å². The molecule has 8 aromatic carbocycles. The maximum Gasteiger partial charge on any atom is 0.0266 e. The molecule has 0 aromatic heterocycles. The molecule has 0 saturated carbocycles. The third-order valence-corrected chi connectivity index (χ3v) is 10.3. The van der Waals surface area contributed by atoms with Crippen LogP contribution in [0.15, 0.2) is 106 Å². The Morgan fingerprint density at radius 3 is 1.21 bits per heavy atom. The fraction of sp³-hybridized carbons (Fsp3) is 0.100. The summed E-state index contributed by atoms with van der Waals surface area (Å²) in [6.07, 6.45) is 0. The average Bonchev–Trinajstić information content (AvgIpc) is 2.96. The predicted molar refractivity (Wildman–Crippen MR) is 191 cm³/mol. The van der Waals surface area contributed by atoms with Crippen molar-refractivity contribution in [3.05, 3.63) is 128 Å². The topological polar surface area (TPSA) is 0 Å². The van der Waals surface area contributed by atoms with E-state index in [1.54, 1.807) is 0 Å². The minimum absolute atomic E-state index is 1.14. The van der Waals surface area contributed by atoms with Crippen LogP contribution < -0.4 is 0 Å². The first-order chi connectivity index (χ1) is 20.3. The van der Waals surface area contributed by atoms with Gasteiger partial charge >= 0.3 is 0 Å². The minimum Gasteiger partial charge on any atom is -0.0616 e. The summed E-state index contributed by atoms with van der Waals surface area (Å²) in [6.45, 7) is 8.90. The van der Waals surface area contributed by atoms with E-state index in [1.165, 1.54) is 98.0 Å². The number of halogens is 2. The van der Waals surface area contributed by atoms with E-state index in [2.05, 4.69) is 157 Å². The second-order valence-corrected chi connectivity index (χ2v) is 13.6. The summed E-state index contributed by atoms with van der Waals surface area (Å²) in [5.41, 5.74) is 7.72. The summed E-state index contributed by atoms with van der Waals surface area (Å²) in [5.74, 6) is 0. The molecule has 0 radical (unpaired) electrons. The standard InChI is InChI=1S/C40H28Br2/c1-21-13-23(3)29-19-33(37-27-11-7-5-9-25(27)17-35(41)39(37)31(29)15-21)34-20-30-24(4)14-22(2)16-32(30)40-36(42)18-26-10-6-8-12-28(26)38(34)40/h5-20H,1-4H3. The molecule has 0 nitrogen and oxygen atoms in total. The maximum atomic E-state index is 4.05. The second-order valence-electron chi connectivity index (χ2n) is 11.9. The molecule has 0 heterocycles. The molecular formula is C40H28Br2. The Kier molecular flexibility index (Phi) is 5.80. The van der Waals surface area contributed by atoms with Crippen molar-refractivity contribution in [2.24, 2.45) is 0 Å². The highest BCUT2D eigenvalue weighted by Crippen LogP contribution is 2.49. The molecule has 0 atom stereocenters. The number of hydrogen-bond donors (Lipinski definition) is 0. The third-order valence-electron chi connectivity index (χ3n) is 9.01. The first-order valence-corrected chi connectivity index (χ1v) is 16.0. The second kappa shape index (κ2) is 9.39. The van der Waals surface area contributed by atoms with E-state index in [4.69, 9.17) is 0 Å². The maximum absolute atomic E-state index is 4.05. The van der Waals surface area contributed by atoms with Gasteiger partial charge in [-0.15, -0.1) is 0 Å². The Hall–Kier alpha value is -3.72. The summed E-state index contributed by atoms with van der Waals surface area (Å²) in [4.78, 5) is 0. The molecule has 0 amide bonds. The van der Waals surface area contributed by atoms with Crippen LogP contribution >= 0.6 is 31.9 Å². The lowest BCUT2D eigenvalue weighted by molar-refractivity contribution is 1.43. The molecule has 0 N–H and O–H groups in total. The predicted octanol–water partition coefficient (Wildman–Crippen LogP) is 13.0. The van der Waals surface area contributed by atoms with E-state index in [0.717, 1.165) is 8.95 Å². The smallest absolute Gasteiger partial charge is 0.0266 e. The van der Waals surface area contributed by atoms with E-state index in [1.807, 2.05) is 0 Å². The highest BCUT2D eigenvalue weighted by molar-refractivity contribution is 9.11. The van der Waals surface area contributed by atoms with Crippen LogP contribution in [0.5, 0.6) is 0 Å². The number of fused-ring (bicyclic) bond motifs is 10. The molecular weight excluding hydrogens is 640 g/mol. The van der Waals surface area contributed by atoms with E-state index in [9.17, 15) is 0 Å². The van der Waals surface area contributed by atoms with Gasteiger partial charge in [0.15, 0.2) is 0 Å². The van der Waals surface area contributed by atoms with E-state index in [-0.39, 0.29) is 0 Å². The zero-order valence-electron chi connectivity index (χ0n) is 24.0. The Morgan fingerprint density at radius 1 is 0.381 bits per heavy atom. The van der Waals surface area contributed by atoms with Gasteiger partial charge in [0, 0.05) is 19.7 Å². The lowest BCUT2D eigenvalue weighted by atomic mass is 9.83. The number of aryl methyl sites for hydroxylation is 4. The monoisotopic (exact) mass is 666 g/mol. The van der Waals surface area contributed by atoms with E-state index < -0.39 is 0 Å². The zero-order chi connectivity index (χ0) is 28.9. The molecule has 202 valence electrons. The molecule has 0 aliphatic carbocycles. The molecule has 2 heteroatoms. The SMILES string of the molecule is Cc1cc(C)c2cc(-c3cc4c(C)cc(C)cc4c4c(Br)cc5ccccc5c34)c3c4ccccc4cc(Br)c3c2c1. The molecule has 0 fully saturated rings. The highest BCUT2D eigenvalue weighted by Gasteiger charge is 2.21. The Labute approximate surface area is 262 Å². The van der Waals surface area contributed by atoms with Crippen LogP contribution in [0.3, 0.4) is 0 Å². The molecule has 0 bridgehead atoms. The van der Waals surface area contributed by atoms with Gasteiger partial charge in [0.25, 0.3) is 0 Å². The third kappa shape index (κ3) is 3.71.